The average molecular weight is 713 g/mol. The van der Waals surface area contributed by atoms with Crippen LogP contribution in [-0.4, -0.2) is 9.13 Å². The lowest BCUT2D eigenvalue weighted by Crippen LogP contribution is -1.95. The second-order valence-corrected chi connectivity index (χ2v) is 14.5. The van der Waals surface area contributed by atoms with Gasteiger partial charge in [0.25, 0.3) is 0 Å². The molecule has 0 N–H and O–H groups in total. The molecule has 0 saturated heterocycles. The molecule has 2 heterocycles. The Morgan fingerprint density at radius 2 is 0.536 bits per heavy atom. The van der Waals surface area contributed by atoms with E-state index in [0.29, 0.717) is 0 Å². The molecule has 0 amide bonds. The number of nitrogens with zero attached hydrogens (tertiary/aromatic N) is 2. The van der Waals surface area contributed by atoms with Gasteiger partial charge in [-0.1, -0.05) is 164 Å². The van der Waals surface area contributed by atoms with Crippen LogP contribution in [0.1, 0.15) is 0 Å². The lowest BCUT2D eigenvalue weighted by molar-refractivity contribution is 1.18. The van der Waals surface area contributed by atoms with E-state index < -0.39 is 0 Å². The number of hydrogen-bond acceptors (Lipinski definition) is 0. The fourth-order valence-corrected chi connectivity index (χ4v) is 8.68. The van der Waals surface area contributed by atoms with Crippen molar-refractivity contribution in [3.8, 4) is 55.9 Å². The smallest absolute Gasteiger partial charge is 0.0541 e. The van der Waals surface area contributed by atoms with Crippen LogP contribution in [0.5, 0.6) is 0 Å². The summed E-state index contributed by atoms with van der Waals surface area (Å²) >= 11 is 0. The van der Waals surface area contributed by atoms with Crippen LogP contribution in [0.25, 0.3) is 99.5 Å². The molecule has 0 saturated carbocycles. The quantitative estimate of drug-likeness (QED) is 0.162. The Morgan fingerprint density at radius 1 is 0.214 bits per heavy atom. The van der Waals surface area contributed by atoms with Gasteiger partial charge in [0, 0.05) is 32.9 Å². The Hall–Kier alpha value is -7.42. The van der Waals surface area contributed by atoms with Crippen molar-refractivity contribution in [2.45, 2.75) is 0 Å². The molecule has 262 valence electrons. The van der Waals surface area contributed by atoms with Crippen molar-refractivity contribution in [3.63, 3.8) is 0 Å². The minimum absolute atomic E-state index is 1.15. The molecule has 56 heavy (non-hydrogen) atoms. The van der Waals surface area contributed by atoms with Crippen molar-refractivity contribution >= 4 is 43.6 Å². The van der Waals surface area contributed by atoms with E-state index in [1.807, 2.05) is 0 Å². The van der Waals surface area contributed by atoms with Gasteiger partial charge < -0.3 is 9.13 Å². The molecule has 9 aromatic carbocycles. The normalized spacial score (nSPS) is 11.6. The SMILES string of the molecule is c1ccc(-c2ccc(-c3ccc(-c4ccc(-n5c6ccccc6c6ccccc65)cc4)c(-c4ccc(-n5c6ccccc6c6ccccc65)cc4)c3)cc2)cc1. The van der Waals surface area contributed by atoms with Crippen LogP contribution in [0.2, 0.25) is 0 Å². The second-order valence-electron chi connectivity index (χ2n) is 14.5. The fraction of sp³-hybridized carbons (Fsp3) is 0. The van der Waals surface area contributed by atoms with Crippen molar-refractivity contribution in [1.82, 2.24) is 9.13 Å². The highest BCUT2D eigenvalue weighted by molar-refractivity contribution is 6.10. The summed E-state index contributed by atoms with van der Waals surface area (Å²) in [5, 5.41) is 5.08. The summed E-state index contributed by atoms with van der Waals surface area (Å²) in [4.78, 5) is 0. The predicted octanol–water partition coefficient (Wildman–Crippen LogP) is 14.5. The Bertz CT molecular complexity index is 3090. The third-order valence-corrected chi connectivity index (χ3v) is 11.4. The summed E-state index contributed by atoms with van der Waals surface area (Å²) in [6.07, 6.45) is 0. The zero-order valence-corrected chi connectivity index (χ0v) is 30.7. The molecule has 0 atom stereocenters. The van der Waals surface area contributed by atoms with E-state index in [9.17, 15) is 0 Å². The first kappa shape index (κ1) is 32.0. The highest BCUT2D eigenvalue weighted by Gasteiger charge is 2.16. The van der Waals surface area contributed by atoms with E-state index in [1.54, 1.807) is 0 Å². The molecule has 11 aromatic rings. The number of rotatable bonds is 6. The summed E-state index contributed by atoms with van der Waals surface area (Å²) < 4.78 is 4.76. The molecule has 0 fully saturated rings. The van der Waals surface area contributed by atoms with Gasteiger partial charge in [0.1, 0.15) is 0 Å². The molecule has 11 rings (SSSR count). The fourth-order valence-electron chi connectivity index (χ4n) is 8.68. The third-order valence-electron chi connectivity index (χ3n) is 11.4. The topological polar surface area (TPSA) is 9.86 Å². The van der Waals surface area contributed by atoms with Gasteiger partial charge in [-0.25, -0.2) is 0 Å². The lowest BCUT2D eigenvalue weighted by atomic mass is 9.90. The minimum Gasteiger partial charge on any atom is -0.309 e. The Labute approximate surface area is 325 Å². The zero-order valence-electron chi connectivity index (χ0n) is 30.7. The predicted molar refractivity (Wildman–Crippen MR) is 237 cm³/mol. The highest BCUT2D eigenvalue weighted by Crippen LogP contribution is 2.39. The van der Waals surface area contributed by atoms with Crippen LogP contribution in [0, 0.1) is 0 Å². The van der Waals surface area contributed by atoms with Crippen LogP contribution in [0.3, 0.4) is 0 Å². The maximum absolute atomic E-state index is 2.38. The van der Waals surface area contributed by atoms with Crippen LogP contribution in [0.4, 0.5) is 0 Å². The van der Waals surface area contributed by atoms with Gasteiger partial charge in [-0.05, 0) is 99.1 Å². The van der Waals surface area contributed by atoms with Crippen LogP contribution < -0.4 is 0 Å². The first-order valence-electron chi connectivity index (χ1n) is 19.3. The van der Waals surface area contributed by atoms with Crippen LogP contribution in [0.15, 0.2) is 218 Å². The molecule has 0 aliphatic carbocycles. The maximum Gasteiger partial charge on any atom is 0.0541 e. The molecule has 2 aromatic heterocycles. The summed E-state index contributed by atoms with van der Waals surface area (Å²) in [6, 6.07) is 79.4. The molecule has 2 heteroatoms. The second kappa shape index (κ2) is 13.2. The van der Waals surface area contributed by atoms with Gasteiger partial charge in [0.2, 0.25) is 0 Å². The molecule has 0 unspecified atom stereocenters. The number of hydrogen-bond donors (Lipinski definition) is 0. The molecule has 0 aliphatic heterocycles. The van der Waals surface area contributed by atoms with Gasteiger partial charge >= 0.3 is 0 Å². The summed E-state index contributed by atoms with van der Waals surface area (Å²) in [5.41, 5.74) is 16.8. The minimum atomic E-state index is 1.15. The van der Waals surface area contributed by atoms with Gasteiger partial charge in [-0.2, -0.15) is 0 Å². The summed E-state index contributed by atoms with van der Waals surface area (Å²) in [5.74, 6) is 0. The molecular weight excluding hydrogens is 677 g/mol. The van der Waals surface area contributed by atoms with E-state index >= 15 is 0 Å². The van der Waals surface area contributed by atoms with Gasteiger partial charge in [0.05, 0.1) is 22.1 Å². The number of para-hydroxylation sites is 4. The molecule has 0 radical (unpaired) electrons. The first-order valence-corrected chi connectivity index (χ1v) is 19.3. The maximum atomic E-state index is 2.38. The van der Waals surface area contributed by atoms with E-state index in [-0.39, 0.29) is 0 Å². The standard InChI is InChI=1S/C54H36N2/c1-2-12-37(13-3-1)38-22-24-39(25-23-38)42-30-35-45(40-26-31-43(32-27-40)55-51-18-8-4-14-46(51)47-15-5-9-19-52(47)55)50(36-42)41-28-33-44(34-29-41)56-53-20-10-6-16-48(53)49-17-7-11-21-54(49)56/h1-36H. The van der Waals surface area contributed by atoms with E-state index in [2.05, 4.69) is 228 Å². The van der Waals surface area contributed by atoms with Gasteiger partial charge in [-0.3, -0.25) is 0 Å². The Kier molecular flexibility index (Phi) is 7.53. The van der Waals surface area contributed by atoms with Crippen molar-refractivity contribution in [3.05, 3.63) is 218 Å². The average Bonchev–Trinajstić information content (AvgIpc) is 3.80. The van der Waals surface area contributed by atoms with Crippen LogP contribution >= 0.6 is 0 Å². The first-order chi connectivity index (χ1) is 27.8. The monoisotopic (exact) mass is 712 g/mol. The zero-order chi connectivity index (χ0) is 37.0. The van der Waals surface area contributed by atoms with Crippen molar-refractivity contribution in [2.24, 2.45) is 0 Å². The van der Waals surface area contributed by atoms with Gasteiger partial charge in [-0.15, -0.1) is 0 Å². The van der Waals surface area contributed by atoms with E-state index in [1.165, 1.54) is 88.1 Å². The third kappa shape index (κ3) is 5.26. The Morgan fingerprint density at radius 3 is 0.982 bits per heavy atom. The summed E-state index contributed by atoms with van der Waals surface area (Å²) in [7, 11) is 0. The van der Waals surface area contributed by atoms with Crippen molar-refractivity contribution in [1.29, 1.82) is 0 Å². The molecule has 0 bridgehead atoms. The number of benzene rings is 9. The number of aromatic nitrogens is 2. The van der Waals surface area contributed by atoms with Crippen LogP contribution in [-0.2, 0) is 0 Å². The molecular formula is C54H36N2. The lowest BCUT2D eigenvalue weighted by Gasteiger charge is -2.16. The van der Waals surface area contributed by atoms with E-state index in [0.717, 1.165) is 11.4 Å². The van der Waals surface area contributed by atoms with Crippen molar-refractivity contribution in [2.75, 3.05) is 0 Å². The number of fused-ring (bicyclic) bond motifs is 6. The van der Waals surface area contributed by atoms with Gasteiger partial charge in [0.15, 0.2) is 0 Å². The highest BCUT2D eigenvalue weighted by atomic mass is 15.0. The molecule has 0 spiro atoms. The molecule has 0 aliphatic rings. The Balaban J connectivity index is 1.03. The summed E-state index contributed by atoms with van der Waals surface area (Å²) in [6.45, 7) is 0. The van der Waals surface area contributed by atoms with E-state index in [4.69, 9.17) is 0 Å². The van der Waals surface area contributed by atoms with Crippen molar-refractivity contribution < 1.29 is 0 Å². The molecule has 2 nitrogen and oxygen atoms in total. The largest absolute Gasteiger partial charge is 0.309 e.